The first-order valence-corrected chi connectivity index (χ1v) is 8.52. The minimum atomic E-state index is -0.275. The average Bonchev–Trinajstić information content (AvgIpc) is 3.27. The molecule has 0 amide bonds. The Labute approximate surface area is 170 Å². The smallest absolute Gasteiger partial charge is 0.191 e. The van der Waals surface area contributed by atoms with Crippen LogP contribution in [0.3, 0.4) is 0 Å². The van der Waals surface area contributed by atoms with Crippen LogP contribution < -0.4 is 10.6 Å². The second-order valence-electron chi connectivity index (χ2n) is 6.07. The number of hydrogen-bond acceptors (Lipinski definition) is 3. The van der Waals surface area contributed by atoms with Crippen LogP contribution in [0.1, 0.15) is 24.2 Å². The van der Waals surface area contributed by atoms with Crippen LogP contribution in [-0.2, 0) is 11.3 Å². The van der Waals surface area contributed by atoms with E-state index >= 15 is 0 Å². The van der Waals surface area contributed by atoms with Crippen LogP contribution in [0.2, 0.25) is 0 Å². The third-order valence-corrected chi connectivity index (χ3v) is 4.30. The molecule has 6 nitrogen and oxygen atoms in total. The number of imidazole rings is 1. The van der Waals surface area contributed by atoms with Crippen molar-refractivity contribution in [2.45, 2.75) is 32.4 Å². The average molecular weight is 473 g/mol. The maximum atomic E-state index is 14.4. The van der Waals surface area contributed by atoms with Crippen molar-refractivity contribution in [1.29, 1.82) is 0 Å². The number of nitrogens with zero attached hydrogens (tertiary/aromatic N) is 3. The minimum absolute atomic E-state index is 0. The molecule has 0 radical (unpaired) electrons. The van der Waals surface area contributed by atoms with Gasteiger partial charge in [0.15, 0.2) is 5.96 Å². The van der Waals surface area contributed by atoms with Crippen LogP contribution in [0, 0.1) is 12.7 Å². The second kappa shape index (κ2) is 9.86. The maximum absolute atomic E-state index is 14.4. The Morgan fingerprint density at radius 1 is 1.42 bits per heavy atom. The van der Waals surface area contributed by atoms with Crippen molar-refractivity contribution < 1.29 is 9.13 Å². The van der Waals surface area contributed by atoms with Gasteiger partial charge in [0.25, 0.3) is 0 Å². The lowest BCUT2D eigenvalue weighted by atomic mass is 10.2. The van der Waals surface area contributed by atoms with E-state index < -0.39 is 0 Å². The molecule has 1 aliphatic heterocycles. The van der Waals surface area contributed by atoms with Crippen molar-refractivity contribution >= 4 is 29.9 Å². The SMILES string of the molecule is CN=C(NCc1ccc(-n2ccnc2C)c(F)c1)NCC1CCCO1.I. The van der Waals surface area contributed by atoms with Crippen molar-refractivity contribution in [2.75, 3.05) is 20.2 Å². The predicted octanol–water partition coefficient (Wildman–Crippen LogP) is 2.78. The van der Waals surface area contributed by atoms with Gasteiger partial charge in [0.2, 0.25) is 0 Å². The summed E-state index contributed by atoms with van der Waals surface area (Å²) >= 11 is 0. The Morgan fingerprint density at radius 2 is 2.27 bits per heavy atom. The van der Waals surface area contributed by atoms with Crippen molar-refractivity contribution in [3.05, 3.63) is 47.8 Å². The number of rotatable bonds is 5. The number of halogens is 2. The second-order valence-corrected chi connectivity index (χ2v) is 6.07. The van der Waals surface area contributed by atoms with E-state index in [-0.39, 0.29) is 35.9 Å². The van der Waals surface area contributed by atoms with Crippen molar-refractivity contribution in [1.82, 2.24) is 20.2 Å². The molecule has 1 atom stereocenters. The summed E-state index contributed by atoms with van der Waals surface area (Å²) in [4.78, 5) is 8.32. The van der Waals surface area contributed by atoms with E-state index in [1.165, 1.54) is 6.07 Å². The Balaban J connectivity index is 0.00000243. The molecular weight excluding hydrogens is 448 g/mol. The standard InChI is InChI=1S/C18H24FN5O.HI/c1-13-21-7-8-24(13)17-6-5-14(10-16(17)19)11-22-18(20-2)23-12-15-4-3-9-25-15;/h5-8,10,15H,3-4,9,11-12H2,1-2H3,(H2,20,22,23);1H. The zero-order chi connectivity index (χ0) is 17.6. The molecule has 26 heavy (non-hydrogen) atoms. The normalized spacial score (nSPS) is 17.0. The van der Waals surface area contributed by atoms with Gasteiger partial charge in [-0.3, -0.25) is 4.99 Å². The predicted molar refractivity (Wildman–Crippen MR) is 111 cm³/mol. The Morgan fingerprint density at radius 3 is 2.88 bits per heavy atom. The number of aliphatic imine (C=N–C) groups is 1. The first kappa shape index (κ1) is 20.6. The molecule has 0 aliphatic carbocycles. The third-order valence-electron chi connectivity index (χ3n) is 4.30. The van der Waals surface area contributed by atoms with E-state index in [2.05, 4.69) is 20.6 Å². The maximum Gasteiger partial charge on any atom is 0.191 e. The molecule has 3 rings (SSSR count). The summed E-state index contributed by atoms with van der Waals surface area (Å²) in [5.74, 6) is 1.16. The molecule has 0 spiro atoms. The summed E-state index contributed by atoms with van der Waals surface area (Å²) in [7, 11) is 1.72. The van der Waals surface area contributed by atoms with Gasteiger partial charge in [-0.2, -0.15) is 0 Å². The van der Waals surface area contributed by atoms with E-state index in [1.54, 1.807) is 30.1 Å². The molecule has 142 valence electrons. The summed E-state index contributed by atoms with van der Waals surface area (Å²) in [6.45, 7) is 3.90. The number of ether oxygens (including phenoxy) is 1. The summed E-state index contributed by atoms with van der Waals surface area (Å²) in [6.07, 6.45) is 5.84. The zero-order valence-electron chi connectivity index (χ0n) is 15.0. The molecule has 1 aliphatic rings. The minimum Gasteiger partial charge on any atom is -0.376 e. The van der Waals surface area contributed by atoms with E-state index in [4.69, 9.17) is 4.74 Å². The van der Waals surface area contributed by atoms with Gasteiger partial charge in [-0.25, -0.2) is 9.37 Å². The summed E-state index contributed by atoms with van der Waals surface area (Å²) in [5.41, 5.74) is 1.35. The number of aromatic nitrogens is 2. The highest BCUT2D eigenvalue weighted by atomic mass is 127. The van der Waals surface area contributed by atoms with Crippen LogP contribution in [0.4, 0.5) is 4.39 Å². The van der Waals surface area contributed by atoms with Gasteiger partial charge in [0.1, 0.15) is 11.6 Å². The Hall–Kier alpha value is -1.68. The van der Waals surface area contributed by atoms with Gasteiger partial charge in [-0.05, 0) is 37.5 Å². The first-order valence-electron chi connectivity index (χ1n) is 8.52. The number of benzene rings is 1. The van der Waals surface area contributed by atoms with Crippen LogP contribution in [0.15, 0.2) is 35.6 Å². The molecule has 1 aromatic carbocycles. The fourth-order valence-corrected chi connectivity index (χ4v) is 2.91. The Kier molecular flexibility index (Phi) is 7.83. The van der Waals surface area contributed by atoms with Gasteiger partial charge < -0.3 is 19.9 Å². The molecular formula is C18H25FIN5O. The van der Waals surface area contributed by atoms with Gasteiger partial charge in [-0.15, -0.1) is 24.0 Å². The lowest BCUT2D eigenvalue weighted by Gasteiger charge is -2.15. The summed E-state index contributed by atoms with van der Waals surface area (Å²) in [6, 6.07) is 5.21. The lowest BCUT2D eigenvalue weighted by molar-refractivity contribution is 0.114. The number of aryl methyl sites for hydroxylation is 1. The van der Waals surface area contributed by atoms with Crippen molar-refractivity contribution in [3.8, 4) is 5.69 Å². The van der Waals surface area contributed by atoms with E-state index in [1.807, 2.05) is 13.0 Å². The summed E-state index contributed by atoms with van der Waals surface area (Å²) in [5, 5.41) is 6.45. The molecule has 2 heterocycles. The number of hydrogen-bond donors (Lipinski definition) is 2. The third kappa shape index (κ3) is 5.16. The molecule has 1 unspecified atom stereocenters. The van der Waals surface area contributed by atoms with E-state index in [0.717, 1.165) is 37.4 Å². The van der Waals surface area contributed by atoms with Crippen LogP contribution >= 0.6 is 24.0 Å². The highest BCUT2D eigenvalue weighted by molar-refractivity contribution is 14.0. The molecule has 2 aromatic rings. The molecule has 0 bridgehead atoms. The molecule has 0 saturated carbocycles. The van der Waals surface area contributed by atoms with Crippen molar-refractivity contribution in [2.24, 2.45) is 4.99 Å². The number of guanidine groups is 1. The van der Waals surface area contributed by atoms with Crippen molar-refractivity contribution in [3.63, 3.8) is 0 Å². The van der Waals surface area contributed by atoms with E-state index in [0.29, 0.717) is 18.2 Å². The van der Waals surface area contributed by atoms with Crippen LogP contribution in [-0.4, -0.2) is 41.8 Å². The highest BCUT2D eigenvalue weighted by Crippen LogP contribution is 2.16. The van der Waals surface area contributed by atoms with Gasteiger partial charge in [-0.1, -0.05) is 6.07 Å². The fourth-order valence-electron chi connectivity index (χ4n) is 2.91. The molecule has 2 N–H and O–H groups in total. The fraction of sp³-hybridized carbons (Fsp3) is 0.444. The van der Waals surface area contributed by atoms with Gasteiger partial charge in [0.05, 0.1) is 11.8 Å². The van der Waals surface area contributed by atoms with E-state index in [9.17, 15) is 4.39 Å². The largest absolute Gasteiger partial charge is 0.376 e. The highest BCUT2D eigenvalue weighted by Gasteiger charge is 2.15. The lowest BCUT2D eigenvalue weighted by Crippen LogP contribution is -2.40. The van der Waals surface area contributed by atoms with Gasteiger partial charge in [0, 0.05) is 39.1 Å². The monoisotopic (exact) mass is 473 g/mol. The molecule has 1 aromatic heterocycles. The van der Waals surface area contributed by atoms with Crippen LogP contribution in [0.25, 0.3) is 5.69 Å². The molecule has 8 heteroatoms. The molecule has 1 saturated heterocycles. The Bertz CT molecular complexity index is 743. The molecule has 1 fully saturated rings. The quantitative estimate of drug-likeness (QED) is 0.399. The number of nitrogens with one attached hydrogen (secondary N) is 2. The zero-order valence-corrected chi connectivity index (χ0v) is 17.4. The van der Waals surface area contributed by atoms with Gasteiger partial charge >= 0.3 is 0 Å². The van der Waals surface area contributed by atoms with Crippen LogP contribution in [0.5, 0.6) is 0 Å². The first-order chi connectivity index (χ1) is 12.2. The summed E-state index contributed by atoms with van der Waals surface area (Å²) < 4.78 is 21.7. The topological polar surface area (TPSA) is 63.5 Å².